The van der Waals surface area contributed by atoms with Crippen molar-refractivity contribution in [1.29, 1.82) is 0 Å². The van der Waals surface area contributed by atoms with Crippen molar-refractivity contribution < 1.29 is 4.74 Å². The lowest BCUT2D eigenvalue weighted by molar-refractivity contribution is 0.325. The number of aromatic nitrogens is 1. The molecule has 0 amide bonds. The summed E-state index contributed by atoms with van der Waals surface area (Å²) in [6.45, 7) is 12.6. The first-order valence-corrected chi connectivity index (χ1v) is 10.5. The fourth-order valence-electron chi connectivity index (χ4n) is 3.21. The van der Waals surface area contributed by atoms with Gasteiger partial charge in [-0.25, -0.2) is 10.8 Å². The van der Waals surface area contributed by atoms with E-state index in [2.05, 4.69) is 33.6 Å². The van der Waals surface area contributed by atoms with Crippen LogP contribution in [0.4, 0.5) is 0 Å². The Morgan fingerprint density at radius 2 is 2.16 bits per heavy atom. The van der Waals surface area contributed by atoms with Crippen molar-refractivity contribution in [1.82, 2.24) is 15.3 Å². The van der Waals surface area contributed by atoms with Crippen molar-refractivity contribution in [3.8, 4) is 0 Å². The number of aryl methyl sites for hydroxylation is 1. The molecule has 0 aliphatic heterocycles. The lowest BCUT2D eigenvalue weighted by atomic mass is 9.83. The molecule has 0 aromatic carbocycles. The highest BCUT2D eigenvalue weighted by Crippen LogP contribution is 2.33. The fourth-order valence-corrected chi connectivity index (χ4v) is 3.21. The monoisotopic (exact) mass is 425 g/mol. The number of ether oxygens (including phenoxy) is 1. The average molecular weight is 426 g/mol. The van der Waals surface area contributed by atoms with Crippen molar-refractivity contribution in [3.63, 3.8) is 0 Å². The maximum absolute atomic E-state index is 6.37. The van der Waals surface area contributed by atoms with Crippen molar-refractivity contribution in [2.24, 2.45) is 27.5 Å². The van der Waals surface area contributed by atoms with Crippen molar-refractivity contribution in [3.05, 3.63) is 53.1 Å². The number of likely N-dealkylation sites (N-methyl/N-ethyl adjacent to an activating group) is 1. The largest absolute Gasteiger partial charge is 0.478 e. The first kappa shape index (κ1) is 24.3. The minimum atomic E-state index is 0.341. The molecular formula is C23H35N7O. The molecule has 0 radical (unpaired) electrons. The summed E-state index contributed by atoms with van der Waals surface area (Å²) in [4.78, 5) is 13.2. The number of rotatable bonds is 11. The van der Waals surface area contributed by atoms with Crippen molar-refractivity contribution in [2.75, 3.05) is 26.9 Å². The van der Waals surface area contributed by atoms with Gasteiger partial charge in [0.05, 0.1) is 30.4 Å². The second-order valence-corrected chi connectivity index (χ2v) is 7.42. The quantitative estimate of drug-likeness (QED) is 0.165. The highest BCUT2D eigenvalue weighted by molar-refractivity contribution is 5.88. The predicted molar refractivity (Wildman–Crippen MR) is 129 cm³/mol. The zero-order valence-electron chi connectivity index (χ0n) is 18.9. The third-order valence-electron chi connectivity index (χ3n) is 5.27. The maximum Gasteiger partial charge on any atom is 0.211 e. The fraction of sp³-hybridized carbons (Fsp3) is 0.435. The summed E-state index contributed by atoms with van der Waals surface area (Å²) in [7, 11) is 1.74. The van der Waals surface area contributed by atoms with E-state index in [-0.39, 0.29) is 0 Å². The Hall–Kier alpha value is -2.97. The van der Waals surface area contributed by atoms with E-state index in [0.29, 0.717) is 48.7 Å². The van der Waals surface area contributed by atoms with Gasteiger partial charge in [0, 0.05) is 37.0 Å². The Morgan fingerprint density at radius 3 is 2.68 bits per heavy atom. The topological polar surface area (TPSA) is 114 Å². The number of hydrogen-bond donors (Lipinski definition) is 3. The van der Waals surface area contributed by atoms with Gasteiger partial charge in [-0.05, 0) is 45.0 Å². The summed E-state index contributed by atoms with van der Waals surface area (Å²) in [5, 5.41) is 4.74. The van der Waals surface area contributed by atoms with Gasteiger partial charge in [-0.15, -0.1) is 0 Å². The molecule has 1 saturated carbocycles. The Morgan fingerprint density at radius 1 is 1.42 bits per heavy atom. The smallest absolute Gasteiger partial charge is 0.211 e. The van der Waals surface area contributed by atoms with E-state index in [1.807, 2.05) is 32.1 Å². The molecule has 1 aliphatic rings. The highest BCUT2D eigenvalue weighted by Gasteiger charge is 2.21. The van der Waals surface area contributed by atoms with E-state index in [9.17, 15) is 0 Å². The first-order valence-electron chi connectivity index (χ1n) is 10.5. The summed E-state index contributed by atoms with van der Waals surface area (Å²) in [6.07, 6.45) is 7.16. The third-order valence-corrected chi connectivity index (χ3v) is 5.27. The van der Waals surface area contributed by atoms with E-state index in [4.69, 9.17) is 16.3 Å². The second kappa shape index (κ2) is 12.0. The van der Waals surface area contributed by atoms with Crippen LogP contribution >= 0.6 is 0 Å². The van der Waals surface area contributed by atoms with Crippen molar-refractivity contribution >= 4 is 24.4 Å². The summed E-state index contributed by atoms with van der Waals surface area (Å²) in [5.74, 6) is 7.02. The minimum Gasteiger partial charge on any atom is -0.478 e. The number of nitrogens with two attached hydrogens (primary N) is 2. The van der Waals surface area contributed by atoms with Gasteiger partial charge >= 0.3 is 0 Å². The average Bonchev–Trinajstić information content (AvgIpc) is 2.71. The summed E-state index contributed by atoms with van der Waals surface area (Å²) in [5.41, 5.74) is 11.0. The number of hydrogen-bond acceptors (Lipinski definition) is 8. The van der Waals surface area contributed by atoms with Gasteiger partial charge in [0.2, 0.25) is 5.90 Å². The van der Waals surface area contributed by atoms with Gasteiger partial charge in [-0.3, -0.25) is 15.3 Å². The van der Waals surface area contributed by atoms with Crippen LogP contribution in [0.5, 0.6) is 0 Å². The molecule has 0 spiro atoms. The number of nitrogens with one attached hydrogen (secondary N) is 1. The van der Waals surface area contributed by atoms with Crippen LogP contribution in [0, 0.1) is 12.8 Å². The Balaban J connectivity index is 2.10. The van der Waals surface area contributed by atoms with E-state index in [1.54, 1.807) is 13.1 Å². The van der Waals surface area contributed by atoms with E-state index < -0.39 is 0 Å². The molecule has 1 aliphatic carbocycles. The molecule has 0 bridgehead atoms. The van der Waals surface area contributed by atoms with Crippen LogP contribution in [-0.4, -0.2) is 49.5 Å². The molecule has 1 heterocycles. The van der Waals surface area contributed by atoms with E-state index in [0.717, 1.165) is 29.8 Å². The lowest BCUT2D eigenvalue weighted by Gasteiger charge is -2.25. The Kier molecular flexibility index (Phi) is 9.42. The number of nitrogens with zero attached hydrogens (tertiary/aromatic N) is 4. The molecule has 2 rings (SSSR count). The second-order valence-electron chi connectivity index (χ2n) is 7.42. The molecule has 8 nitrogen and oxygen atoms in total. The minimum absolute atomic E-state index is 0.341. The van der Waals surface area contributed by atoms with Crippen LogP contribution in [0.3, 0.4) is 0 Å². The van der Waals surface area contributed by atoms with Gasteiger partial charge in [0.25, 0.3) is 0 Å². The van der Waals surface area contributed by atoms with E-state index in [1.165, 1.54) is 11.4 Å². The van der Waals surface area contributed by atoms with E-state index >= 15 is 0 Å². The van der Waals surface area contributed by atoms with Gasteiger partial charge in [-0.1, -0.05) is 25.1 Å². The van der Waals surface area contributed by atoms with Crippen LogP contribution < -0.4 is 16.9 Å². The first-order chi connectivity index (χ1) is 14.9. The summed E-state index contributed by atoms with van der Waals surface area (Å²) in [6, 6.07) is 3.81. The van der Waals surface area contributed by atoms with Gasteiger partial charge in [0.15, 0.2) is 0 Å². The van der Waals surface area contributed by atoms with Crippen LogP contribution in [0.2, 0.25) is 0 Å². The Labute approximate surface area is 185 Å². The highest BCUT2D eigenvalue weighted by atomic mass is 16.5. The molecule has 1 aromatic rings. The lowest BCUT2D eigenvalue weighted by Crippen LogP contribution is -2.34. The zero-order valence-corrected chi connectivity index (χ0v) is 18.9. The number of allylic oxidation sites excluding steroid dienone is 1. The zero-order chi connectivity index (χ0) is 22.8. The third kappa shape index (κ3) is 6.77. The van der Waals surface area contributed by atoms with Crippen molar-refractivity contribution in [2.45, 2.75) is 33.1 Å². The van der Waals surface area contributed by atoms with Crippen LogP contribution in [0.25, 0.3) is 11.8 Å². The molecule has 168 valence electrons. The number of pyridine rings is 1. The SMILES string of the molecule is C=Cc1ccc(/C(N)=C(\CNC/N=C(\C=C(/N=C)C2CCC2)OCC)N(C)N)nc1C. The standard InChI is InChI=1S/C23H35N7O/c1-6-17-11-12-19(29-16(17)3)23(24)21(30(5)25)14-27-15-28-22(31-7-2)13-20(26-4)18-9-8-10-18/h6,11-13,18,27H,1,4,7-10,14-15,24-25H2,2-3,5H3/b20-13-,23-21-,28-22+. The van der Waals surface area contributed by atoms with Crippen LogP contribution in [-0.2, 0) is 4.74 Å². The summed E-state index contributed by atoms with van der Waals surface area (Å²) < 4.78 is 5.66. The van der Waals surface area contributed by atoms with Gasteiger partial charge in [-0.2, -0.15) is 0 Å². The predicted octanol–water partition coefficient (Wildman–Crippen LogP) is 2.83. The molecule has 31 heavy (non-hydrogen) atoms. The Bertz CT molecular complexity index is 867. The molecule has 8 heteroatoms. The number of hydrazine groups is 1. The number of aliphatic imine (C=N–C) groups is 2. The normalized spacial score (nSPS) is 15.7. The summed E-state index contributed by atoms with van der Waals surface area (Å²) >= 11 is 0. The molecule has 0 unspecified atom stereocenters. The van der Waals surface area contributed by atoms with Gasteiger partial charge < -0.3 is 15.5 Å². The van der Waals surface area contributed by atoms with Crippen LogP contribution in [0.1, 0.15) is 43.1 Å². The van der Waals surface area contributed by atoms with Gasteiger partial charge in [0.1, 0.15) is 0 Å². The molecule has 1 fully saturated rings. The van der Waals surface area contributed by atoms with Crippen LogP contribution in [0.15, 0.2) is 46.2 Å². The molecule has 1 aromatic heterocycles. The molecule has 0 saturated heterocycles. The molecule has 5 N–H and O–H groups in total. The maximum atomic E-state index is 6.37. The molecular weight excluding hydrogens is 390 g/mol. The molecule has 0 atom stereocenters.